The van der Waals surface area contributed by atoms with Crippen LogP contribution < -0.4 is 5.32 Å². The van der Waals surface area contributed by atoms with Gasteiger partial charge in [-0.2, -0.15) is 0 Å². The SMILES string of the molecule is CCC1CCC(N(C(=O)C2CCNC2)C2CC2)CC1. The van der Waals surface area contributed by atoms with Crippen molar-refractivity contribution in [3.8, 4) is 0 Å². The minimum atomic E-state index is 0.268. The van der Waals surface area contributed by atoms with Gasteiger partial charge in [-0.3, -0.25) is 4.79 Å². The van der Waals surface area contributed by atoms with Crippen molar-refractivity contribution >= 4 is 5.91 Å². The highest BCUT2D eigenvalue weighted by Gasteiger charge is 2.41. The van der Waals surface area contributed by atoms with Crippen molar-refractivity contribution in [2.75, 3.05) is 13.1 Å². The molecule has 0 bridgehead atoms. The van der Waals surface area contributed by atoms with E-state index in [0.29, 0.717) is 18.0 Å². The lowest BCUT2D eigenvalue weighted by molar-refractivity contribution is -0.139. The van der Waals surface area contributed by atoms with E-state index in [0.717, 1.165) is 25.4 Å². The summed E-state index contributed by atoms with van der Waals surface area (Å²) in [5.41, 5.74) is 0. The maximum absolute atomic E-state index is 12.8. The molecule has 108 valence electrons. The van der Waals surface area contributed by atoms with E-state index in [2.05, 4.69) is 17.1 Å². The van der Waals surface area contributed by atoms with Gasteiger partial charge in [0.2, 0.25) is 5.91 Å². The second kappa shape index (κ2) is 5.82. The van der Waals surface area contributed by atoms with Gasteiger partial charge in [0.1, 0.15) is 0 Å². The van der Waals surface area contributed by atoms with E-state index in [1.54, 1.807) is 0 Å². The first-order valence-electron chi connectivity index (χ1n) is 8.32. The molecule has 0 aromatic carbocycles. The number of nitrogens with one attached hydrogen (secondary N) is 1. The minimum absolute atomic E-state index is 0.268. The first-order chi connectivity index (χ1) is 9.29. The van der Waals surface area contributed by atoms with Crippen LogP contribution in [-0.4, -0.2) is 36.0 Å². The molecule has 1 amide bonds. The molecular formula is C16H28N2O. The van der Waals surface area contributed by atoms with E-state index in [9.17, 15) is 4.79 Å². The third kappa shape index (κ3) is 2.96. The lowest BCUT2D eigenvalue weighted by Gasteiger charge is -2.38. The maximum atomic E-state index is 12.8. The Morgan fingerprint density at radius 3 is 2.16 bits per heavy atom. The molecule has 2 saturated carbocycles. The van der Waals surface area contributed by atoms with E-state index in [-0.39, 0.29) is 5.92 Å². The fourth-order valence-corrected chi connectivity index (χ4v) is 3.92. The Morgan fingerprint density at radius 1 is 1.05 bits per heavy atom. The average Bonchev–Trinajstić information content (AvgIpc) is 3.12. The summed E-state index contributed by atoms with van der Waals surface area (Å²) in [6.45, 7) is 4.24. The standard InChI is InChI=1S/C16H28N2O/c1-2-12-3-5-14(6-4-12)18(15-7-8-15)16(19)13-9-10-17-11-13/h12-15,17H,2-11H2,1H3. The van der Waals surface area contributed by atoms with Crippen LogP contribution in [0.25, 0.3) is 0 Å². The van der Waals surface area contributed by atoms with Crippen LogP contribution in [0.2, 0.25) is 0 Å². The molecule has 3 heteroatoms. The van der Waals surface area contributed by atoms with Gasteiger partial charge in [-0.1, -0.05) is 13.3 Å². The number of hydrogen-bond acceptors (Lipinski definition) is 2. The van der Waals surface area contributed by atoms with Gasteiger partial charge in [0.05, 0.1) is 5.92 Å². The van der Waals surface area contributed by atoms with Gasteiger partial charge in [0.25, 0.3) is 0 Å². The molecule has 1 atom stereocenters. The van der Waals surface area contributed by atoms with Gasteiger partial charge in [-0.25, -0.2) is 0 Å². The predicted molar refractivity (Wildman–Crippen MR) is 76.9 cm³/mol. The molecule has 3 aliphatic rings. The topological polar surface area (TPSA) is 32.3 Å². The summed E-state index contributed by atoms with van der Waals surface area (Å²) < 4.78 is 0. The Morgan fingerprint density at radius 2 is 1.68 bits per heavy atom. The van der Waals surface area contributed by atoms with Crippen molar-refractivity contribution in [3.63, 3.8) is 0 Å². The van der Waals surface area contributed by atoms with Gasteiger partial charge in [-0.05, 0) is 57.4 Å². The van der Waals surface area contributed by atoms with Crippen molar-refractivity contribution in [2.24, 2.45) is 11.8 Å². The monoisotopic (exact) mass is 264 g/mol. The summed E-state index contributed by atoms with van der Waals surface area (Å²) in [5.74, 6) is 1.65. The third-order valence-electron chi connectivity index (χ3n) is 5.39. The Balaban J connectivity index is 1.62. The largest absolute Gasteiger partial charge is 0.336 e. The van der Waals surface area contributed by atoms with E-state index in [1.807, 2.05) is 0 Å². The van der Waals surface area contributed by atoms with E-state index in [4.69, 9.17) is 0 Å². The second-order valence-electron chi connectivity index (χ2n) is 6.75. The zero-order valence-electron chi connectivity index (χ0n) is 12.2. The quantitative estimate of drug-likeness (QED) is 0.846. The van der Waals surface area contributed by atoms with Crippen LogP contribution in [0.1, 0.15) is 58.3 Å². The fraction of sp³-hybridized carbons (Fsp3) is 0.938. The Bertz CT molecular complexity index is 313. The molecule has 1 N–H and O–H groups in total. The molecule has 0 aromatic rings. The molecule has 1 aliphatic heterocycles. The normalized spacial score (nSPS) is 35.3. The highest BCUT2D eigenvalue weighted by Crippen LogP contribution is 2.37. The minimum Gasteiger partial charge on any atom is -0.336 e. The smallest absolute Gasteiger partial charge is 0.227 e. The second-order valence-corrected chi connectivity index (χ2v) is 6.75. The third-order valence-corrected chi connectivity index (χ3v) is 5.39. The lowest BCUT2D eigenvalue weighted by atomic mass is 9.83. The van der Waals surface area contributed by atoms with Crippen molar-refractivity contribution in [1.29, 1.82) is 0 Å². The Kier molecular flexibility index (Phi) is 4.11. The van der Waals surface area contributed by atoms with Gasteiger partial charge >= 0.3 is 0 Å². The van der Waals surface area contributed by atoms with E-state index in [1.165, 1.54) is 44.9 Å². The molecule has 3 rings (SSSR count). The zero-order valence-corrected chi connectivity index (χ0v) is 12.2. The number of carbonyl (C=O) groups excluding carboxylic acids is 1. The van der Waals surface area contributed by atoms with Gasteiger partial charge in [0, 0.05) is 18.6 Å². The molecule has 1 heterocycles. The number of nitrogens with zero attached hydrogens (tertiary/aromatic N) is 1. The molecule has 0 aromatic heterocycles. The molecule has 3 fully saturated rings. The van der Waals surface area contributed by atoms with Crippen LogP contribution >= 0.6 is 0 Å². The Labute approximate surface area is 117 Å². The van der Waals surface area contributed by atoms with Gasteiger partial charge in [-0.15, -0.1) is 0 Å². The summed E-state index contributed by atoms with van der Waals surface area (Å²) in [4.78, 5) is 15.1. The summed E-state index contributed by atoms with van der Waals surface area (Å²) in [7, 11) is 0. The first-order valence-corrected chi connectivity index (χ1v) is 8.32. The molecule has 0 spiro atoms. The maximum Gasteiger partial charge on any atom is 0.227 e. The molecule has 3 nitrogen and oxygen atoms in total. The molecule has 19 heavy (non-hydrogen) atoms. The van der Waals surface area contributed by atoms with E-state index >= 15 is 0 Å². The first kappa shape index (κ1) is 13.4. The van der Waals surface area contributed by atoms with Crippen LogP contribution in [0.5, 0.6) is 0 Å². The van der Waals surface area contributed by atoms with Crippen molar-refractivity contribution in [3.05, 3.63) is 0 Å². The number of hydrogen-bond donors (Lipinski definition) is 1. The van der Waals surface area contributed by atoms with Crippen LogP contribution in [0.15, 0.2) is 0 Å². The highest BCUT2D eigenvalue weighted by molar-refractivity contribution is 5.80. The number of amides is 1. The predicted octanol–water partition coefficient (Wildman–Crippen LogP) is 2.56. The average molecular weight is 264 g/mol. The summed E-state index contributed by atoms with van der Waals surface area (Å²) in [6.07, 6.45) is 10.0. The van der Waals surface area contributed by atoms with Crippen LogP contribution in [0.3, 0.4) is 0 Å². The van der Waals surface area contributed by atoms with E-state index < -0.39 is 0 Å². The summed E-state index contributed by atoms with van der Waals surface area (Å²) >= 11 is 0. The molecular weight excluding hydrogens is 236 g/mol. The summed E-state index contributed by atoms with van der Waals surface area (Å²) in [6, 6.07) is 1.15. The Hall–Kier alpha value is -0.570. The van der Waals surface area contributed by atoms with Crippen LogP contribution in [0.4, 0.5) is 0 Å². The van der Waals surface area contributed by atoms with Crippen molar-refractivity contribution < 1.29 is 4.79 Å². The number of carbonyl (C=O) groups is 1. The lowest BCUT2D eigenvalue weighted by Crippen LogP contribution is -2.47. The molecule has 0 radical (unpaired) electrons. The molecule has 1 saturated heterocycles. The zero-order chi connectivity index (χ0) is 13.2. The summed E-state index contributed by atoms with van der Waals surface area (Å²) in [5, 5.41) is 3.34. The fourth-order valence-electron chi connectivity index (χ4n) is 3.92. The van der Waals surface area contributed by atoms with Crippen LogP contribution in [0, 0.1) is 11.8 Å². The molecule has 1 unspecified atom stereocenters. The van der Waals surface area contributed by atoms with Gasteiger partial charge in [0.15, 0.2) is 0 Å². The number of rotatable bonds is 4. The molecule has 2 aliphatic carbocycles. The highest BCUT2D eigenvalue weighted by atomic mass is 16.2. The van der Waals surface area contributed by atoms with Gasteiger partial charge < -0.3 is 10.2 Å². The van der Waals surface area contributed by atoms with Crippen molar-refractivity contribution in [2.45, 2.75) is 70.4 Å². The van der Waals surface area contributed by atoms with Crippen molar-refractivity contribution in [1.82, 2.24) is 10.2 Å². The van der Waals surface area contributed by atoms with Crippen LogP contribution in [-0.2, 0) is 4.79 Å².